The molecule has 0 aliphatic heterocycles. The standard InChI is InChI=1S/C15H13N3O.C2HF3O2/c1-10-5-6-11(2)13(8-10)15-18-17-14(19-15)12-4-3-7-16-9-12;3-2(4,5)1(6)7/h3-9H,1-2H3;(H,6,7). The molecule has 6 nitrogen and oxygen atoms in total. The first kappa shape index (κ1) is 19.1. The molecule has 0 fully saturated rings. The second-order valence-electron chi connectivity index (χ2n) is 5.28. The van der Waals surface area contributed by atoms with Crippen LogP contribution in [0.15, 0.2) is 47.1 Å². The van der Waals surface area contributed by atoms with Crippen LogP contribution >= 0.6 is 0 Å². The molecule has 0 unspecified atom stereocenters. The molecular formula is C17H14F3N3O3. The number of nitrogens with zero attached hydrogens (tertiary/aromatic N) is 3. The van der Waals surface area contributed by atoms with E-state index >= 15 is 0 Å². The van der Waals surface area contributed by atoms with E-state index in [1.807, 2.05) is 26.0 Å². The van der Waals surface area contributed by atoms with Crippen LogP contribution in [-0.2, 0) is 4.79 Å². The summed E-state index contributed by atoms with van der Waals surface area (Å²) in [6.45, 7) is 4.07. The zero-order chi connectivity index (χ0) is 19.3. The molecule has 0 bridgehead atoms. The summed E-state index contributed by atoms with van der Waals surface area (Å²) in [6.07, 6.45) is -1.66. The maximum Gasteiger partial charge on any atom is 0.490 e. The normalized spacial score (nSPS) is 10.8. The molecule has 1 N–H and O–H groups in total. The first-order chi connectivity index (χ1) is 12.2. The topological polar surface area (TPSA) is 89.1 Å². The van der Waals surface area contributed by atoms with Crippen molar-refractivity contribution in [3.63, 3.8) is 0 Å². The Hall–Kier alpha value is -3.23. The summed E-state index contributed by atoms with van der Waals surface area (Å²) in [7, 11) is 0. The monoisotopic (exact) mass is 365 g/mol. The Bertz CT molecular complexity index is 893. The van der Waals surface area contributed by atoms with E-state index in [0.29, 0.717) is 11.8 Å². The fourth-order valence-corrected chi connectivity index (χ4v) is 1.90. The second-order valence-corrected chi connectivity index (χ2v) is 5.28. The van der Waals surface area contributed by atoms with Crippen molar-refractivity contribution >= 4 is 5.97 Å². The average Bonchev–Trinajstić information content (AvgIpc) is 3.07. The molecule has 9 heteroatoms. The molecule has 3 rings (SSSR count). The van der Waals surface area contributed by atoms with Gasteiger partial charge in [-0.15, -0.1) is 10.2 Å². The van der Waals surface area contributed by atoms with Crippen molar-refractivity contribution in [1.29, 1.82) is 0 Å². The van der Waals surface area contributed by atoms with Gasteiger partial charge in [0.05, 0.1) is 5.56 Å². The number of carboxylic acid groups (broad SMARTS) is 1. The molecule has 0 saturated carbocycles. The summed E-state index contributed by atoms with van der Waals surface area (Å²) in [5.74, 6) is -1.73. The lowest BCUT2D eigenvalue weighted by atomic mass is 10.1. The van der Waals surface area contributed by atoms with Gasteiger partial charge in [0.15, 0.2) is 0 Å². The van der Waals surface area contributed by atoms with Gasteiger partial charge < -0.3 is 9.52 Å². The maximum absolute atomic E-state index is 10.6. The minimum atomic E-state index is -5.08. The number of hydrogen-bond donors (Lipinski definition) is 1. The summed E-state index contributed by atoms with van der Waals surface area (Å²) in [5.41, 5.74) is 4.09. The molecule has 0 aliphatic carbocycles. The Morgan fingerprint density at radius 3 is 2.35 bits per heavy atom. The lowest BCUT2D eigenvalue weighted by Crippen LogP contribution is -2.21. The molecule has 2 heterocycles. The highest BCUT2D eigenvalue weighted by molar-refractivity contribution is 5.73. The Morgan fingerprint density at radius 2 is 1.77 bits per heavy atom. The van der Waals surface area contributed by atoms with Crippen molar-refractivity contribution in [1.82, 2.24) is 15.2 Å². The second kappa shape index (κ2) is 7.77. The SMILES string of the molecule is Cc1ccc(C)c(-c2nnc(-c3cccnc3)o2)c1.O=C(O)C(F)(F)F. The van der Waals surface area contributed by atoms with Crippen molar-refractivity contribution in [3.05, 3.63) is 53.9 Å². The molecule has 0 radical (unpaired) electrons. The highest BCUT2D eigenvalue weighted by Gasteiger charge is 2.38. The number of halogens is 3. The molecule has 2 aromatic heterocycles. The third kappa shape index (κ3) is 4.88. The average molecular weight is 365 g/mol. The van der Waals surface area contributed by atoms with Crippen LogP contribution < -0.4 is 0 Å². The van der Waals surface area contributed by atoms with Gasteiger partial charge in [-0.05, 0) is 37.6 Å². The number of aliphatic carboxylic acids is 1. The number of benzene rings is 1. The van der Waals surface area contributed by atoms with E-state index in [0.717, 1.165) is 16.7 Å². The number of alkyl halides is 3. The summed E-state index contributed by atoms with van der Waals surface area (Å²) in [6, 6.07) is 9.91. The van der Waals surface area contributed by atoms with Crippen molar-refractivity contribution in [3.8, 4) is 22.9 Å². The molecular weight excluding hydrogens is 351 g/mol. The summed E-state index contributed by atoms with van der Waals surface area (Å²) in [4.78, 5) is 12.9. The Labute approximate surface area is 146 Å². The van der Waals surface area contributed by atoms with Gasteiger partial charge in [-0.25, -0.2) is 4.79 Å². The minimum absolute atomic E-state index is 0.490. The van der Waals surface area contributed by atoms with Gasteiger partial charge >= 0.3 is 12.1 Å². The molecule has 0 spiro atoms. The van der Waals surface area contributed by atoms with E-state index in [1.54, 1.807) is 12.4 Å². The van der Waals surface area contributed by atoms with E-state index in [-0.39, 0.29) is 0 Å². The number of rotatable bonds is 2. The van der Waals surface area contributed by atoms with E-state index in [4.69, 9.17) is 14.3 Å². The molecule has 1 aromatic carbocycles. The summed E-state index contributed by atoms with van der Waals surface area (Å²) < 4.78 is 37.5. The third-order valence-electron chi connectivity index (χ3n) is 3.20. The first-order valence-corrected chi connectivity index (χ1v) is 7.30. The van der Waals surface area contributed by atoms with Crippen LogP contribution in [0.3, 0.4) is 0 Å². The van der Waals surface area contributed by atoms with E-state index in [9.17, 15) is 13.2 Å². The van der Waals surface area contributed by atoms with Gasteiger partial charge in [0.2, 0.25) is 11.8 Å². The molecule has 0 aliphatic rings. The number of aromatic nitrogens is 3. The van der Waals surface area contributed by atoms with Crippen molar-refractivity contribution in [2.24, 2.45) is 0 Å². The Kier molecular flexibility index (Phi) is 5.71. The number of carboxylic acids is 1. The first-order valence-electron chi connectivity index (χ1n) is 7.30. The van der Waals surface area contributed by atoms with Crippen LogP contribution in [0.1, 0.15) is 11.1 Å². The minimum Gasteiger partial charge on any atom is -0.475 e. The third-order valence-corrected chi connectivity index (χ3v) is 3.20. The lowest BCUT2D eigenvalue weighted by molar-refractivity contribution is -0.192. The predicted molar refractivity (Wildman–Crippen MR) is 86.1 cm³/mol. The van der Waals surface area contributed by atoms with Gasteiger partial charge in [-0.1, -0.05) is 17.7 Å². The van der Waals surface area contributed by atoms with Crippen molar-refractivity contribution < 1.29 is 27.5 Å². The van der Waals surface area contributed by atoms with Crippen LogP contribution in [0.2, 0.25) is 0 Å². The summed E-state index contributed by atoms with van der Waals surface area (Å²) in [5, 5.41) is 15.3. The van der Waals surface area contributed by atoms with Crippen LogP contribution in [-0.4, -0.2) is 32.4 Å². The highest BCUT2D eigenvalue weighted by Crippen LogP contribution is 2.26. The van der Waals surface area contributed by atoms with Gasteiger partial charge in [-0.3, -0.25) is 4.98 Å². The quantitative estimate of drug-likeness (QED) is 0.737. The molecule has 0 saturated heterocycles. The van der Waals surface area contributed by atoms with Crippen molar-refractivity contribution in [2.75, 3.05) is 0 Å². The van der Waals surface area contributed by atoms with E-state index in [2.05, 4.69) is 33.4 Å². The number of hydrogen-bond acceptors (Lipinski definition) is 5. The summed E-state index contributed by atoms with van der Waals surface area (Å²) >= 11 is 0. The van der Waals surface area contributed by atoms with Gasteiger partial charge in [0.1, 0.15) is 0 Å². The molecule has 0 atom stereocenters. The number of carbonyl (C=O) groups is 1. The molecule has 136 valence electrons. The van der Waals surface area contributed by atoms with E-state index in [1.165, 1.54) is 5.56 Å². The number of aryl methyl sites for hydroxylation is 2. The van der Waals surface area contributed by atoms with Crippen LogP contribution in [0.5, 0.6) is 0 Å². The zero-order valence-corrected chi connectivity index (χ0v) is 13.8. The highest BCUT2D eigenvalue weighted by atomic mass is 19.4. The van der Waals surface area contributed by atoms with Gasteiger partial charge in [0.25, 0.3) is 0 Å². The largest absolute Gasteiger partial charge is 0.490 e. The van der Waals surface area contributed by atoms with Crippen LogP contribution in [0, 0.1) is 13.8 Å². The zero-order valence-electron chi connectivity index (χ0n) is 13.8. The Morgan fingerprint density at radius 1 is 1.12 bits per heavy atom. The fraction of sp³-hybridized carbons (Fsp3) is 0.176. The number of pyridine rings is 1. The molecule has 26 heavy (non-hydrogen) atoms. The van der Waals surface area contributed by atoms with Gasteiger partial charge in [-0.2, -0.15) is 13.2 Å². The fourth-order valence-electron chi connectivity index (χ4n) is 1.90. The lowest BCUT2D eigenvalue weighted by Gasteiger charge is -2.01. The molecule has 0 amide bonds. The Balaban J connectivity index is 0.000000298. The van der Waals surface area contributed by atoms with Crippen molar-refractivity contribution in [2.45, 2.75) is 20.0 Å². The smallest absolute Gasteiger partial charge is 0.475 e. The van der Waals surface area contributed by atoms with Crippen LogP contribution in [0.4, 0.5) is 13.2 Å². The maximum atomic E-state index is 10.6. The van der Waals surface area contributed by atoms with Gasteiger partial charge in [0, 0.05) is 18.0 Å². The predicted octanol–water partition coefficient (Wildman–Crippen LogP) is 4.05. The van der Waals surface area contributed by atoms with E-state index < -0.39 is 12.1 Å². The molecule has 3 aromatic rings. The van der Waals surface area contributed by atoms with Crippen LogP contribution in [0.25, 0.3) is 22.9 Å².